The first kappa shape index (κ1) is 20.9. The number of aryl methyl sites for hydroxylation is 1. The highest BCUT2D eigenvalue weighted by molar-refractivity contribution is 7.89. The van der Waals surface area contributed by atoms with Crippen molar-refractivity contribution in [2.24, 2.45) is 5.14 Å². The molecule has 1 amide bonds. The van der Waals surface area contributed by atoms with Gasteiger partial charge in [0.25, 0.3) is 0 Å². The molecule has 0 heterocycles. The molecule has 0 saturated carbocycles. The van der Waals surface area contributed by atoms with Crippen LogP contribution < -0.4 is 15.2 Å². The lowest BCUT2D eigenvalue weighted by molar-refractivity contribution is -0.116. The number of benzene rings is 2. The van der Waals surface area contributed by atoms with Crippen molar-refractivity contribution in [1.29, 1.82) is 0 Å². The minimum atomic E-state index is -3.77. The molecule has 6 nitrogen and oxygen atoms in total. The maximum absolute atomic E-state index is 14.1. The number of rotatable bonds is 9. The summed E-state index contributed by atoms with van der Waals surface area (Å²) in [6.45, 7) is 2.59. The summed E-state index contributed by atoms with van der Waals surface area (Å²) in [5.41, 5.74) is 0.866. The van der Waals surface area contributed by atoms with E-state index in [2.05, 4.69) is 5.32 Å². The molecule has 2 rings (SSSR count). The van der Waals surface area contributed by atoms with Gasteiger partial charge in [0.15, 0.2) is 0 Å². The Morgan fingerprint density at radius 3 is 2.48 bits per heavy atom. The van der Waals surface area contributed by atoms with Crippen molar-refractivity contribution in [2.75, 3.05) is 11.9 Å². The monoisotopic (exact) mass is 394 g/mol. The number of primary sulfonamides is 1. The number of nitrogens with two attached hydrogens (primary N) is 1. The number of hydrogen-bond acceptors (Lipinski definition) is 4. The highest BCUT2D eigenvalue weighted by atomic mass is 32.2. The van der Waals surface area contributed by atoms with Gasteiger partial charge in [-0.1, -0.05) is 19.4 Å². The predicted octanol–water partition coefficient (Wildman–Crippen LogP) is 3.22. The summed E-state index contributed by atoms with van der Waals surface area (Å²) in [7, 11) is -3.77. The highest BCUT2D eigenvalue weighted by Gasteiger charge is 2.10. The predicted molar refractivity (Wildman–Crippen MR) is 102 cm³/mol. The normalized spacial score (nSPS) is 11.2. The minimum Gasteiger partial charge on any atom is -0.493 e. The van der Waals surface area contributed by atoms with Crippen LogP contribution in [0.2, 0.25) is 0 Å². The molecule has 146 valence electrons. The van der Waals surface area contributed by atoms with Gasteiger partial charge in [0.05, 0.1) is 11.5 Å². The van der Waals surface area contributed by atoms with Crippen LogP contribution in [0.5, 0.6) is 5.75 Å². The van der Waals surface area contributed by atoms with Crippen LogP contribution >= 0.6 is 0 Å². The van der Waals surface area contributed by atoms with Crippen LogP contribution in [0.3, 0.4) is 0 Å². The van der Waals surface area contributed by atoms with Gasteiger partial charge in [-0.3, -0.25) is 4.79 Å². The van der Waals surface area contributed by atoms with Gasteiger partial charge in [0, 0.05) is 18.2 Å². The maximum Gasteiger partial charge on any atom is 0.238 e. The van der Waals surface area contributed by atoms with Gasteiger partial charge < -0.3 is 10.1 Å². The Balaban J connectivity index is 1.88. The van der Waals surface area contributed by atoms with Crippen molar-refractivity contribution >= 4 is 21.6 Å². The molecule has 27 heavy (non-hydrogen) atoms. The Bertz CT molecular complexity index is 883. The number of hydrogen-bond donors (Lipinski definition) is 2. The SMILES string of the molecule is CCCCOc1ccc(CCC(=O)Nc2ccc(S(N)(=O)=O)cc2)c(F)c1. The van der Waals surface area contributed by atoms with E-state index in [9.17, 15) is 17.6 Å². The topological polar surface area (TPSA) is 98.5 Å². The zero-order valence-electron chi connectivity index (χ0n) is 15.1. The molecule has 0 radical (unpaired) electrons. The fourth-order valence-corrected chi connectivity index (χ4v) is 2.87. The molecule has 0 unspecified atom stereocenters. The first-order chi connectivity index (χ1) is 12.8. The van der Waals surface area contributed by atoms with Gasteiger partial charge >= 0.3 is 0 Å². The quantitative estimate of drug-likeness (QED) is 0.638. The Morgan fingerprint density at radius 2 is 1.89 bits per heavy atom. The fourth-order valence-electron chi connectivity index (χ4n) is 2.35. The largest absolute Gasteiger partial charge is 0.493 e. The standard InChI is InChI=1S/C19H23FN2O4S/c1-2-3-12-26-16-8-4-14(18(20)13-16)5-11-19(23)22-15-6-9-17(10-7-15)27(21,24)25/h4,6-10,13H,2-3,5,11-12H2,1H3,(H,22,23)(H2,21,24,25). The smallest absolute Gasteiger partial charge is 0.238 e. The summed E-state index contributed by atoms with van der Waals surface area (Å²) in [6, 6.07) is 10.1. The Morgan fingerprint density at radius 1 is 1.19 bits per heavy atom. The number of sulfonamides is 1. The summed E-state index contributed by atoms with van der Waals surface area (Å²) in [5, 5.41) is 7.65. The second-order valence-corrected chi connectivity index (χ2v) is 7.63. The summed E-state index contributed by atoms with van der Waals surface area (Å²) in [5.74, 6) is -0.237. The number of amides is 1. The second-order valence-electron chi connectivity index (χ2n) is 6.07. The van der Waals surface area contributed by atoms with Crippen LogP contribution in [-0.4, -0.2) is 20.9 Å². The minimum absolute atomic E-state index is 0.0381. The summed E-state index contributed by atoms with van der Waals surface area (Å²) in [6.07, 6.45) is 2.23. The van der Waals surface area contributed by atoms with Crippen molar-refractivity contribution in [3.63, 3.8) is 0 Å². The zero-order chi connectivity index (χ0) is 19.9. The molecule has 0 bridgehead atoms. The maximum atomic E-state index is 14.1. The van der Waals surface area contributed by atoms with Gasteiger partial charge in [-0.05, 0) is 48.7 Å². The molecule has 0 aliphatic rings. The Hall–Kier alpha value is -2.45. The number of nitrogens with one attached hydrogen (secondary N) is 1. The average molecular weight is 394 g/mol. The zero-order valence-corrected chi connectivity index (χ0v) is 15.9. The summed E-state index contributed by atoms with van der Waals surface area (Å²) < 4.78 is 42.0. The van der Waals surface area contributed by atoms with Crippen molar-refractivity contribution in [2.45, 2.75) is 37.5 Å². The molecule has 0 aliphatic carbocycles. The van der Waals surface area contributed by atoms with Crippen LogP contribution in [-0.2, 0) is 21.2 Å². The van der Waals surface area contributed by atoms with E-state index < -0.39 is 15.8 Å². The third kappa shape index (κ3) is 6.65. The van der Waals surface area contributed by atoms with E-state index in [4.69, 9.17) is 9.88 Å². The number of ether oxygens (including phenoxy) is 1. The summed E-state index contributed by atoms with van der Waals surface area (Å²) >= 11 is 0. The molecule has 0 fully saturated rings. The lowest BCUT2D eigenvalue weighted by atomic mass is 10.1. The van der Waals surface area contributed by atoms with Crippen molar-refractivity contribution in [3.05, 3.63) is 53.8 Å². The van der Waals surface area contributed by atoms with Gasteiger partial charge in [-0.25, -0.2) is 17.9 Å². The number of halogens is 1. The first-order valence-corrected chi connectivity index (χ1v) is 10.2. The number of carbonyl (C=O) groups excluding carboxylic acids is 1. The average Bonchev–Trinajstić information content (AvgIpc) is 2.61. The van der Waals surface area contributed by atoms with Gasteiger partial charge in [-0.15, -0.1) is 0 Å². The molecular formula is C19H23FN2O4S. The van der Waals surface area contributed by atoms with Crippen LogP contribution in [0.1, 0.15) is 31.7 Å². The molecule has 0 saturated heterocycles. The highest BCUT2D eigenvalue weighted by Crippen LogP contribution is 2.19. The molecule has 0 atom stereocenters. The molecule has 2 aromatic carbocycles. The summed E-state index contributed by atoms with van der Waals surface area (Å²) in [4.78, 5) is 12.0. The molecule has 0 aliphatic heterocycles. The van der Waals surface area contributed by atoms with E-state index in [1.807, 2.05) is 6.92 Å². The van der Waals surface area contributed by atoms with E-state index in [0.717, 1.165) is 12.8 Å². The molecule has 3 N–H and O–H groups in total. The number of anilines is 1. The van der Waals surface area contributed by atoms with E-state index >= 15 is 0 Å². The number of carbonyl (C=O) groups is 1. The first-order valence-electron chi connectivity index (χ1n) is 8.63. The van der Waals surface area contributed by atoms with Crippen molar-refractivity contribution in [3.8, 4) is 5.75 Å². The molecular weight excluding hydrogens is 371 g/mol. The van der Waals surface area contributed by atoms with Crippen molar-refractivity contribution < 1.29 is 22.3 Å². The van der Waals surface area contributed by atoms with E-state index in [1.165, 1.54) is 30.3 Å². The van der Waals surface area contributed by atoms with Crippen molar-refractivity contribution in [1.82, 2.24) is 0 Å². The third-order valence-electron chi connectivity index (χ3n) is 3.88. The molecule has 0 spiro atoms. The van der Waals surface area contributed by atoms with Crippen LogP contribution in [0.4, 0.5) is 10.1 Å². The van der Waals surface area contributed by atoms with E-state index in [0.29, 0.717) is 23.6 Å². The van der Waals surface area contributed by atoms with Gasteiger partial charge in [0.1, 0.15) is 11.6 Å². The Kier molecular flexibility index (Phi) is 7.32. The van der Waals surface area contributed by atoms with Gasteiger partial charge in [-0.2, -0.15) is 0 Å². The van der Waals surface area contributed by atoms with Crippen LogP contribution in [0.15, 0.2) is 47.4 Å². The number of unbranched alkanes of at least 4 members (excludes halogenated alkanes) is 1. The van der Waals surface area contributed by atoms with Crippen LogP contribution in [0, 0.1) is 5.82 Å². The lowest BCUT2D eigenvalue weighted by Gasteiger charge is -2.09. The van der Waals surface area contributed by atoms with E-state index in [-0.39, 0.29) is 23.6 Å². The van der Waals surface area contributed by atoms with E-state index in [1.54, 1.807) is 12.1 Å². The fraction of sp³-hybridized carbons (Fsp3) is 0.316. The van der Waals surface area contributed by atoms with Crippen LogP contribution in [0.25, 0.3) is 0 Å². The molecule has 2 aromatic rings. The molecule has 0 aromatic heterocycles. The molecule has 8 heteroatoms. The lowest BCUT2D eigenvalue weighted by Crippen LogP contribution is -2.14. The Labute approximate surface area is 158 Å². The van der Waals surface area contributed by atoms with Gasteiger partial charge in [0.2, 0.25) is 15.9 Å². The second kappa shape index (κ2) is 9.48. The third-order valence-corrected chi connectivity index (χ3v) is 4.81.